The van der Waals surface area contributed by atoms with E-state index in [4.69, 9.17) is 9.47 Å². The van der Waals surface area contributed by atoms with Gasteiger partial charge in [0.1, 0.15) is 0 Å². The van der Waals surface area contributed by atoms with Gasteiger partial charge in [-0.1, -0.05) is 19.3 Å². The Morgan fingerprint density at radius 3 is 2.18 bits per heavy atom. The fraction of sp³-hybridized carbons (Fsp3) is 0.417. The molecule has 0 unspecified atom stereocenters. The minimum absolute atomic E-state index is 0.0333. The van der Waals surface area contributed by atoms with Crippen molar-refractivity contribution in [3.63, 3.8) is 0 Å². The summed E-state index contributed by atoms with van der Waals surface area (Å²) in [6.45, 7) is -0.333. The van der Waals surface area contributed by atoms with E-state index in [-0.39, 0.29) is 17.5 Å². The van der Waals surface area contributed by atoms with Gasteiger partial charge in [-0.25, -0.2) is 13.2 Å². The number of rotatable bonds is 9. The van der Waals surface area contributed by atoms with E-state index in [1.807, 2.05) is 0 Å². The summed E-state index contributed by atoms with van der Waals surface area (Å²) in [4.78, 5) is 24.5. The predicted octanol–water partition coefficient (Wildman–Crippen LogP) is 3.45. The quantitative estimate of drug-likeness (QED) is 0.536. The summed E-state index contributed by atoms with van der Waals surface area (Å²) >= 11 is 0. The minimum atomic E-state index is -3.99. The summed E-state index contributed by atoms with van der Waals surface area (Å²) in [5.41, 5.74) is 0.796. The highest BCUT2D eigenvalue weighted by molar-refractivity contribution is 7.89. The first-order valence-corrected chi connectivity index (χ1v) is 12.5. The number of nitrogens with zero attached hydrogens (tertiary/aromatic N) is 1. The summed E-state index contributed by atoms with van der Waals surface area (Å²) < 4.78 is 43.7. The van der Waals surface area contributed by atoms with Crippen molar-refractivity contribution in [2.75, 3.05) is 33.2 Å². The molecule has 184 valence electrons. The molecule has 3 rings (SSSR count). The zero-order valence-corrected chi connectivity index (χ0v) is 20.4. The Bertz CT molecular complexity index is 1110. The maximum Gasteiger partial charge on any atom is 0.337 e. The van der Waals surface area contributed by atoms with E-state index in [9.17, 15) is 18.0 Å². The highest BCUT2D eigenvalue weighted by atomic mass is 32.2. The van der Waals surface area contributed by atoms with Crippen molar-refractivity contribution >= 4 is 27.6 Å². The summed E-state index contributed by atoms with van der Waals surface area (Å²) in [5, 5.41) is 2.72. The number of anilines is 1. The lowest BCUT2D eigenvalue weighted by atomic mass is 9.95. The molecule has 9 nitrogen and oxygen atoms in total. The molecule has 0 aliphatic heterocycles. The van der Waals surface area contributed by atoms with Gasteiger partial charge in [0.05, 0.1) is 38.3 Å². The molecule has 2 aromatic carbocycles. The van der Waals surface area contributed by atoms with Gasteiger partial charge in [-0.3, -0.25) is 4.79 Å². The third kappa shape index (κ3) is 5.87. The van der Waals surface area contributed by atoms with Crippen LogP contribution in [-0.2, 0) is 19.6 Å². The van der Waals surface area contributed by atoms with Gasteiger partial charge in [-0.05, 0) is 49.2 Å². The van der Waals surface area contributed by atoms with Crippen molar-refractivity contribution in [1.82, 2.24) is 4.31 Å². The summed E-state index contributed by atoms with van der Waals surface area (Å²) in [7, 11) is 0.208. The fourth-order valence-corrected chi connectivity index (χ4v) is 5.70. The zero-order chi connectivity index (χ0) is 24.7. The fourth-order valence-electron chi connectivity index (χ4n) is 4.04. The lowest BCUT2D eigenvalue weighted by Gasteiger charge is -2.33. The SMILES string of the molecule is COC(=O)c1ccc(NC(=O)CN(C2CCCCC2)S(=O)(=O)c2ccc(OC)c(OC)c2)cc1. The first-order valence-electron chi connectivity index (χ1n) is 11.0. The molecule has 1 aliphatic carbocycles. The molecule has 0 aromatic heterocycles. The average Bonchev–Trinajstić information content (AvgIpc) is 2.87. The topological polar surface area (TPSA) is 111 Å². The van der Waals surface area contributed by atoms with Crippen LogP contribution >= 0.6 is 0 Å². The van der Waals surface area contributed by atoms with Crippen LogP contribution in [0.5, 0.6) is 11.5 Å². The van der Waals surface area contributed by atoms with E-state index >= 15 is 0 Å². The van der Waals surface area contributed by atoms with Gasteiger partial charge in [-0.15, -0.1) is 0 Å². The van der Waals surface area contributed by atoms with E-state index in [1.165, 1.54) is 56.0 Å². The number of carbonyl (C=O) groups is 2. The number of carbonyl (C=O) groups excluding carboxylic acids is 2. The highest BCUT2D eigenvalue weighted by Crippen LogP contribution is 2.33. The van der Waals surface area contributed by atoms with E-state index in [1.54, 1.807) is 12.1 Å². The molecule has 2 aromatic rings. The summed E-state index contributed by atoms with van der Waals surface area (Å²) in [6.07, 6.45) is 4.22. The third-order valence-corrected chi connectivity index (χ3v) is 7.73. The molecule has 1 amide bonds. The van der Waals surface area contributed by atoms with Crippen molar-refractivity contribution in [2.45, 2.75) is 43.0 Å². The monoisotopic (exact) mass is 490 g/mol. The third-order valence-electron chi connectivity index (χ3n) is 5.83. The standard InChI is InChI=1S/C24H30N2O7S/c1-31-21-14-13-20(15-22(21)32-2)34(29,30)26(19-7-5-4-6-8-19)16-23(27)25-18-11-9-17(10-12-18)24(28)33-3/h9-15,19H,4-8,16H2,1-3H3,(H,25,27). The average molecular weight is 491 g/mol. The molecule has 1 fully saturated rings. The number of hydrogen-bond donors (Lipinski definition) is 1. The first kappa shape index (κ1) is 25.5. The van der Waals surface area contributed by atoms with E-state index in [2.05, 4.69) is 10.1 Å². The lowest BCUT2D eigenvalue weighted by molar-refractivity contribution is -0.116. The van der Waals surface area contributed by atoms with Crippen LogP contribution in [0.4, 0.5) is 5.69 Å². The van der Waals surface area contributed by atoms with Crippen molar-refractivity contribution in [3.05, 3.63) is 48.0 Å². The summed E-state index contributed by atoms with van der Waals surface area (Å²) in [6, 6.07) is 10.3. The molecule has 0 radical (unpaired) electrons. The number of hydrogen-bond acceptors (Lipinski definition) is 7. The molecule has 1 saturated carbocycles. The van der Waals surface area contributed by atoms with Crippen molar-refractivity contribution in [1.29, 1.82) is 0 Å². The van der Waals surface area contributed by atoms with Gasteiger partial charge in [-0.2, -0.15) is 4.31 Å². The molecule has 0 bridgehead atoms. The van der Waals surface area contributed by atoms with Gasteiger partial charge < -0.3 is 19.5 Å². The van der Waals surface area contributed by atoms with Crippen LogP contribution in [0.25, 0.3) is 0 Å². The molecule has 0 saturated heterocycles. The second-order valence-electron chi connectivity index (χ2n) is 7.98. The number of esters is 1. The molecule has 0 heterocycles. The Kier molecular flexibility index (Phi) is 8.51. The second kappa shape index (κ2) is 11.3. The van der Waals surface area contributed by atoms with Crippen molar-refractivity contribution in [3.8, 4) is 11.5 Å². The Balaban J connectivity index is 1.84. The van der Waals surface area contributed by atoms with Crippen molar-refractivity contribution < 1.29 is 32.2 Å². The van der Waals surface area contributed by atoms with Crippen LogP contribution < -0.4 is 14.8 Å². The van der Waals surface area contributed by atoms with Gasteiger partial charge in [0.15, 0.2) is 11.5 Å². The van der Waals surface area contributed by atoms with Crippen LogP contribution in [0.3, 0.4) is 0 Å². The molecule has 0 atom stereocenters. The van der Waals surface area contributed by atoms with E-state index in [0.29, 0.717) is 35.6 Å². The maximum atomic E-state index is 13.6. The molecular formula is C24H30N2O7S. The molecule has 1 aliphatic rings. The maximum absolute atomic E-state index is 13.6. The van der Waals surface area contributed by atoms with Crippen LogP contribution in [0, 0.1) is 0 Å². The van der Waals surface area contributed by atoms with Gasteiger partial charge in [0.2, 0.25) is 15.9 Å². The number of ether oxygens (including phenoxy) is 3. The Hall–Kier alpha value is -3.11. The predicted molar refractivity (Wildman–Crippen MR) is 127 cm³/mol. The number of methoxy groups -OCH3 is 3. The van der Waals surface area contributed by atoms with Crippen molar-refractivity contribution in [2.24, 2.45) is 0 Å². The zero-order valence-electron chi connectivity index (χ0n) is 19.6. The van der Waals surface area contributed by atoms with Crippen LogP contribution in [0.2, 0.25) is 0 Å². The van der Waals surface area contributed by atoms with Crippen LogP contribution in [0.1, 0.15) is 42.5 Å². The number of sulfonamides is 1. The lowest BCUT2D eigenvalue weighted by Crippen LogP contribution is -2.45. The van der Waals surface area contributed by atoms with Gasteiger partial charge >= 0.3 is 5.97 Å². The second-order valence-corrected chi connectivity index (χ2v) is 9.87. The molecular weight excluding hydrogens is 460 g/mol. The Morgan fingerprint density at radius 2 is 1.59 bits per heavy atom. The molecule has 34 heavy (non-hydrogen) atoms. The van der Waals surface area contributed by atoms with Crippen LogP contribution in [0.15, 0.2) is 47.4 Å². The van der Waals surface area contributed by atoms with E-state index in [0.717, 1.165) is 19.3 Å². The Morgan fingerprint density at radius 1 is 0.941 bits per heavy atom. The Labute approximate surface area is 200 Å². The van der Waals surface area contributed by atoms with Crippen LogP contribution in [-0.4, -0.2) is 58.5 Å². The smallest absolute Gasteiger partial charge is 0.337 e. The summed E-state index contributed by atoms with van der Waals surface area (Å²) in [5.74, 6) is -0.246. The minimum Gasteiger partial charge on any atom is -0.493 e. The normalized spacial score (nSPS) is 14.5. The van der Waals surface area contributed by atoms with Gasteiger partial charge in [0.25, 0.3) is 0 Å². The molecule has 1 N–H and O–H groups in total. The highest BCUT2D eigenvalue weighted by Gasteiger charge is 2.34. The van der Waals surface area contributed by atoms with Gasteiger partial charge in [0, 0.05) is 17.8 Å². The van der Waals surface area contributed by atoms with E-state index < -0.39 is 21.9 Å². The number of amides is 1. The largest absolute Gasteiger partial charge is 0.493 e. The first-order chi connectivity index (χ1) is 16.3. The number of nitrogens with one attached hydrogen (secondary N) is 1. The molecule has 10 heteroatoms. The molecule has 0 spiro atoms. The number of benzene rings is 2.